The van der Waals surface area contributed by atoms with Crippen LogP contribution >= 0.6 is 0 Å². The summed E-state index contributed by atoms with van der Waals surface area (Å²) in [7, 11) is 0. The van der Waals surface area contributed by atoms with Crippen LogP contribution in [0.2, 0.25) is 0 Å². The molecule has 1 aliphatic rings. The van der Waals surface area contributed by atoms with Crippen molar-refractivity contribution in [2.45, 2.75) is 52.2 Å². The standard InChI is InChI=1S/C18H25N3/c1-18(2,3)17(12-21-9-8-19-13-21)20-16-10-14-6-4-5-7-15(14)11-16/h4-9,13,16-17,20H,10-12H2,1-3H3/t17-/m1/s1. The van der Waals surface area contributed by atoms with Crippen LogP contribution in [0.25, 0.3) is 0 Å². The lowest BCUT2D eigenvalue weighted by Gasteiger charge is -2.34. The van der Waals surface area contributed by atoms with Crippen molar-refractivity contribution in [3.05, 3.63) is 54.1 Å². The summed E-state index contributed by atoms with van der Waals surface area (Å²) in [6.45, 7) is 7.90. The Morgan fingerprint density at radius 3 is 2.43 bits per heavy atom. The lowest BCUT2D eigenvalue weighted by molar-refractivity contribution is 0.222. The topological polar surface area (TPSA) is 29.9 Å². The highest BCUT2D eigenvalue weighted by Crippen LogP contribution is 2.26. The zero-order valence-electron chi connectivity index (χ0n) is 13.2. The van der Waals surface area contributed by atoms with Gasteiger partial charge in [-0.05, 0) is 29.4 Å². The van der Waals surface area contributed by atoms with Crippen LogP contribution in [0.1, 0.15) is 31.9 Å². The third-order valence-corrected chi connectivity index (χ3v) is 4.49. The minimum absolute atomic E-state index is 0.221. The molecule has 1 aromatic heterocycles. The molecule has 0 aliphatic heterocycles. The molecule has 0 amide bonds. The monoisotopic (exact) mass is 283 g/mol. The molecule has 1 atom stereocenters. The molecule has 0 fully saturated rings. The second kappa shape index (κ2) is 5.64. The minimum atomic E-state index is 0.221. The van der Waals surface area contributed by atoms with E-state index in [4.69, 9.17) is 0 Å². The summed E-state index contributed by atoms with van der Waals surface area (Å²) in [5, 5.41) is 3.89. The molecular formula is C18H25N3. The van der Waals surface area contributed by atoms with Crippen LogP contribution in [0, 0.1) is 5.41 Å². The number of imidazole rings is 1. The van der Waals surface area contributed by atoms with Crippen molar-refractivity contribution < 1.29 is 0 Å². The molecule has 0 saturated heterocycles. The van der Waals surface area contributed by atoms with Crippen LogP contribution in [0.15, 0.2) is 43.0 Å². The smallest absolute Gasteiger partial charge is 0.0946 e. The molecule has 1 aliphatic carbocycles. The van der Waals surface area contributed by atoms with Crippen molar-refractivity contribution in [1.82, 2.24) is 14.9 Å². The molecule has 0 spiro atoms. The number of hydrogen-bond donors (Lipinski definition) is 1. The van der Waals surface area contributed by atoms with Crippen molar-refractivity contribution >= 4 is 0 Å². The number of nitrogens with zero attached hydrogens (tertiary/aromatic N) is 2. The molecule has 1 aromatic carbocycles. The van der Waals surface area contributed by atoms with E-state index in [9.17, 15) is 0 Å². The Bertz CT molecular complexity index is 556. The average Bonchev–Trinajstić information content (AvgIpc) is 3.04. The highest BCUT2D eigenvalue weighted by Gasteiger charge is 2.29. The lowest BCUT2D eigenvalue weighted by Crippen LogP contribution is -2.48. The minimum Gasteiger partial charge on any atom is -0.336 e. The van der Waals surface area contributed by atoms with Gasteiger partial charge in [0.1, 0.15) is 0 Å². The second-order valence-electron chi connectivity index (χ2n) is 7.22. The highest BCUT2D eigenvalue weighted by atomic mass is 15.1. The fraction of sp³-hybridized carbons (Fsp3) is 0.500. The van der Waals surface area contributed by atoms with Crippen LogP contribution in [0.3, 0.4) is 0 Å². The zero-order valence-corrected chi connectivity index (χ0v) is 13.2. The number of nitrogens with one attached hydrogen (secondary N) is 1. The van der Waals surface area contributed by atoms with Crippen molar-refractivity contribution in [3.8, 4) is 0 Å². The number of rotatable bonds is 4. The maximum atomic E-state index is 4.16. The van der Waals surface area contributed by atoms with Gasteiger partial charge in [-0.2, -0.15) is 0 Å². The van der Waals surface area contributed by atoms with Crippen molar-refractivity contribution in [2.75, 3.05) is 0 Å². The molecule has 3 heteroatoms. The van der Waals surface area contributed by atoms with Gasteiger partial charge in [0, 0.05) is 31.0 Å². The molecular weight excluding hydrogens is 258 g/mol. The van der Waals surface area contributed by atoms with Crippen LogP contribution in [0.4, 0.5) is 0 Å². The molecule has 21 heavy (non-hydrogen) atoms. The molecule has 0 saturated carbocycles. The summed E-state index contributed by atoms with van der Waals surface area (Å²) in [6, 6.07) is 9.81. The molecule has 1 heterocycles. The van der Waals surface area contributed by atoms with Gasteiger partial charge < -0.3 is 9.88 Å². The van der Waals surface area contributed by atoms with Gasteiger partial charge in [-0.25, -0.2) is 4.98 Å². The molecule has 112 valence electrons. The molecule has 1 N–H and O–H groups in total. The third-order valence-electron chi connectivity index (χ3n) is 4.49. The fourth-order valence-electron chi connectivity index (χ4n) is 3.14. The summed E-state index contributed by atoms with van der Waals surface area (Å²) >= 11 is 0. The van der Waals surface area contributed by atoms with Gasteiger partial charge in [-0.3, -0.25) is 0 Å². The van der Waals surface area contributed by atoms with Crippen molar-refractivity contribution in [1.29, 1.82) is 0 Å². The van der Waals surface area contributed by atoms with Gasteiger partial charge in [0.25, 0.3) is 0 Å². The molecule has 0 radical (unpaired) electrons. The molecule has 3 rings (SSSR count). The van der Waals surface area contributed by atoms with Gasteiger partial charge in [0.05, 0.1) is 6.33 Å². The third kappa shape index (κ3) is 3.35. The Kier molecular flexibility index (Phi) is 3.85. The predicted molar refractivity (Wildman–Crippen MR) is 86.2 cm³/mol. The van der Waals surface area contributed by atoms with E-state index in [1.165, 1.54) is 11.1 Å². The predicted octanol–water partition coefficient (Wildman–Crippen LogP) is 3.05. The number of benzene rings is 1. The quantitative estimate of drug-likeness (QED) is 0.934. The summed E-state index contributed by atoms with van der Waals surface area (Å²) in [6.07, 6.45) is 8.10. The zero-order chi connectivity index (χ0) is 14.9. The van der Waals surface area contributed by atoms with Gasteiger partial charge >= 0.3 is 0 Å². The first-order valence-electron chi connectivity index (χ1n) is 7.81. The first-order chi connectivity index (χ1) is 10.0. The van der Waals surface area contributed by atoms with Crippen LogP contribution in [-0.2, 0) is 19.4 Å². The highest BCUT2D eigenvalue weighted by molar-refractivity contribution is 5.33. The van der Waals surface area contributed by atoms with Crippen molar-refractivity contribution in [3.63, 3.8) is 0 Å². The first-order valence-corrected chi connectivity index (χ1v) is 7.81. The number of aromatic nitrogens is 2. The Morgan fingerprint density at radius 1 is 1.24 bits per heavy atom. The average molecular weight is 283 g/mol. The van der Waals surface area contributed by atoms with Gasteiger partial charge in [0.2, 0.25) is 0 Å². The summed E-state index contributed by atoms with van der Waals surface area (Å²) in [4.78, 5) is 4.16. The van der Waals surface area contributed by atoms with Crippen LogP contribution < -0.4 is 5.32 Å². The van der Waals surface area contributed by atoms with Crippen molar-refractivity contribution in [2.24, 2.45) is 5.41 Å². The van der Waals surface area contributed by atoms with E-state index >= 15 is 0 Å². The summed E-state index contributed by atoms with van der Waals surface area (Å²) < 4.78 is 2.17. The SMILES string of the molecule is CC(C)(C)[C@@H](Cn1ccnc1)NC1Cc2ccccc2C1. The normalized spacial score (nSPS) is 16.9. The second-order valence-corrected chi connectivity index (χ2v) is 7.22. The van der Waals surface area contributed by atoms with E-state index in [1.807, 2.05) is 18.7 Å². The van der Waals surface area contributed by atoms with E-state index in [0.29, 0.717) is 12.1 Å². The van der Waals surface area contributed by atoms with Crippen LogP contribution in [-0.4, -0.2) is 21.6 Å². The molecule has 0 bridgehead atoms. The Balaban J connectivity index is 1.69. The molecule has 0 unspecified atom stereocenters. The van der Waals surface area contributed by atoms with Gasteiger partial charge in [0.15, 0.2) is 0 Å². The number of hydrogen-bond acceptors (Lipinski definition) is 2. The Hall–Kier alpha value is -1.61. The summed E-state index contributed by atoms with van der Waals surface area (Å²) in [5.41, 5.74) is 3.23. The van der Waals surface area contributed by atoms with E-state index in [-0.39, 0.29) is 5.41 Å². The van der Waals surface area contributed by atoms with E-state index < -0.39 is 0 Å². The summed E-state index contributed by atoms with van der Waals surface area (Å²) in [5.74, 6) is 0. The fourth-order valence-corrected chi connectivity index (χ4v) is 3.14. The lowest BCUT2D eigenvalue weighted by atomic mass is 9.86. The number of fused-ring (bicyclic) bond motifs is 1. The maximum Gasteiger partial charge on any atom is 0.0946 e. The Morgan fingerprint density at radius 2 is 1.90 bits per heavy atom. The Labute approximate surface area is 127 Å². The van der Waals surface area contributed by atoms with Gasteiger partial charge in [-0.15, -0.1) is 0 Å². The molecule has 2 aromatic rings. The van der Waals surface area contributed by atoms with E-state index in [0.717, 1.165) is 19.4 Å². The molecule has 3 nitrogen and oxygen atoms in total. The maximum absolute atomic E-state index is 4.16. The van der Waals surface area contributed by atoms with E-state index in [1.54, 1.807) is 0 Å². The van der Waals surface area contributed by atoms with Crippen LogP contribution in [0.5, 0.6) is 0 Å². The first kappa shape index (κ1) is 14.3. The van der Waals surface area contributed by atoms with Gasteiger partial charge in [-0.1, -0.05) is 45.0 Å². The van der Waals surface area contributed by atoms with E-state index in [2.05, 4.69) is 59.9 Å². The largest absolute Gasteiger partial charge is 0.336 e.